The van der Waals surface area contributed by atoms with Crippen LogP contribution in [-0.2, 0) is 24.2 Å². The summed E-state index contributed by atoms with van der Waals surface area (Å²) in [5, 5.41) is 10.2. The number of carbonyl (C=O) groups excluding carboxylic acids is 3. The zero-order valence-electron chi connectivity index (χ0n) is 18.2. The Bertz CT molecular complexity index is 1200. The summed E-state index contributed by atoms with van der Waals surface area (Å²) in [6.45, 7) is 0.177. The van der Waals surface area contributed by atoms with Gasteiger partial charge in [-0.05, 0) is 55.5 Å². The van der Waals surface area contributed by atoms with Gasteiger partial charge < -0.3 is 10.6 Å². The summed E-state index contributed by atoms with van der Waals surface area (Å²) in [5.74, 6) is -0.515. The number of benzene rings is 2. The van der Waals surface area contributed by atoms with Crippen LogP contribution >= 0.6 is 0 Å². The van der Waals surface area contributed by atoms with E-state index in [9.17, 15) is 14.4 Å². The maximum absolute atomic E-state index is 13.3. The summed E-state index contributed by atoms with van der Waals surface area (Å²) in [7, 11) is 0. The molecule has 5 rings (SSSR count). The van der Waals surface area contributed by atoms with Crippen LogP contribution in [0, 0.1) is 0 Å². The summed E-state index contributed by atoms with van der Waals surface area (Å²) in [6.07, 6.45) is 4.98. The molecule has 0 atom stereocenters. The van der Waals surface area contributed by atoms with E-state index in [4.69, 9.17) is 5.10 Å². The molecule has 1 saturated heterocycles. The largest absolute Gasteiger partial charge is 0.329 e. The fraction of sp³-hybridized carbons (Fsp3) is 0.280. The van der Waals surface area contributed by atoms with Crippen LogP contribution in [0.1, 0.15) is 46.6 Å². The van der Waals surface area contributed by atoms with Gasteiger partial charge in [0.2, 0.25) is 5.91 Å². The van der Waals surface area contributed by atoms with Crippen molar-refractivity contribution in [2.75, 3.05) is 11.9 Å². The zero-order chi connectivity index (χ0) is 22.8. The van der Waals surface area contributed by atoms with E-state index in [2.05, 4.69) is 10.6 Å². The van der Waals surface area contributed by atoms with Crippen LogP contribution < -0.4 is 10.6 Å². The summed E-state index contributed by atoms with van der Waals surface area (Å²) in [5.41, 5.74) is 4.88. The number of nitrogens with zero attached hydrogens (tertiary/aromatic N) is 3. The van der Waals surface area contributed by atoms with Crippen LogP contribution in [0.15, 0.2) is 54.6 Å². The number of fused-ring (bicyclic) bond motifs is 1. The molecule has 0 unspecified atom stereocenters. The fourth-order valence-electron chi connectivity index (χ4n) is 4.48. The molecule has 3 aromatic rings. The van der Waals surface area contributed by atoms with Gasteiger partial charge in [0.15, 0.2) is 5.69 Å². The van der Waals surface area contributed by atoms with Crippen LogP contribution in [0.3, 0.4) is 0 Å². The molecule has 33 heavy (non-hydrogen) atoms. The quantitative estimate of drug-likeness (QED) is 0.466. The molecular formula is C25H25N5O3. The maximum Gasteiger partial charge on any atom is 0.324 e. The zero-order valence-corrected chi connectivity index (χ0v) is 18.2. The van der Waals surface area contributed by atoms with Crippen LogP contribution in [0.5, 0.6) is 0 Å². The van der Waals surface area contributed by atoms with Gasteiger partial charge in [-0.15, -0.1) is 0 Å². The van der Waals surface area contributed by atoms with Crippen molar-refractivity contribution < 1.29 is 14.4 Å². The Morgan fingerprint density at radius 2 is 1.82 bits per heavy atom. The van der Waals surface area contributed by atoms with Gasteiger partial charge in [-0.2, -0.15) is 5.10 Å². The molecule has 0 radical (unpaired) electrons. The van der Waals surface area contributed by atoms with Gasteiger partial charge in [0, 0.05) is 16.9 Å². The van der Waals surface area contributed by atoms with E-state index in [1.165, 1.54) is 4.90 Å². The second-order valence-electron chi connectivity index (χ2n) is 8.37. The standard InChI is InChI=1S/C25H25N5O3/c31-22-15-26-25(33)29(22)16-17-8-7-9-18(14-17)27-24(32)23-20-12-5-2-6-13-21(20)30(28-23)19-10-3-1-4-11-19/h1,3-4,7-11,14H,2,5-6,12-13,15-16H2,(H,26,33)(H,27,32). The van der Waals surface area contributed by atoms with Gasteiger partial charge in [0.05, 0.1) is 18.8 Å². The number of anilines is 1. The SMILES string of the molecule is O=C(Nc1cccc(CN2C(=O)CNC2=O)c1)c1nn(-c2ccccc2)c2c1CCCCC2. The van der Waals surface area contributed by atoms with Crippen molar-refractivity contribution >= 4 is 23.5 Å². The molecule has 1 aliphatic carbocycles. The van der Waals surface area contributed by atoms with E-state index in [1.807, 2.05) is 41.1 Å². The molecule has 1 fully saturated rings. The van der Waals surface area contributed by atoms with E-state index in [-0.39, 0.29) is 24.9 Å². The highest BCUT2D eigenvalue weighted by molar-refractivity contribution is 6.04. The van der Waals surface area contributed by atoms with Crippen LogP contribution in [0.4, 0.5) is 10.5 Å². The number of nitrogens with one attached hydrogen (secondary N) is 2. The number of urea groups is 1. The first kappa shape index (κ1) is 20.9. The van der Waals surface area contributed by atoms with Crippen LogP contribution in [0.25, 0.3) is 5.69 Å². The molecule has 4 amide bonds. The Kier molecular flexibility index (Phi) is 5.64. The lowest BCUT2D eigenvalue weighted by molar-refractivity contribution is -0.125. The molecule has 2 aromatic carbocycles. The second kappa shape index (κ2) is 8.90. The predicted molar refractivity (Wildman–Crippen MR) is 123 cm³/mol. The third kappa shape index (κ3) is 4.24. The highest BCUT2D eigenvalue weighted by Gasteiger charge is 2.28. The summed E-state index contributed by atoms with van der Waals surface area (Å²) in [4.78, 5) is 38.2. The van der Waals surface area contributed by atoms with Crippen molar-refractivity contribution in [1.82, 2.24) is 20.0 Å². The molecule has 0 bridgehead atoms. The van der Waals surface area contributed by atoms with E-state index in [0.29, 0.717) is 11.4 Å². The maximum atomic E-state index is 13.3. The number of hydrogen-bond donors (Lipinski definition) is 2. The van der Waals surface area contributed by atoms with Crippen LogP contribution in [0.2, 0.25) is 0 Å². The second-order valence-corrected chi connectivity index (χ2v) is 8.37. The third-order valence-corrected chi connectivity index (χ3v) is 6.11. The summed E-state index contributed by atoms with van der Waals surface area (Å²) >= 11 is 0. The van der Waals surface area contributed by atoms with Crippen molar-refractivity contribution in [3.63, 3.8) is 0 Å². The van der Waals surface area contributed by atoms with E-state index >= 15 is 0 Å². The fourth-order valence-corrected chi connectivity index (χ4v) is 4.48. The lowest BCUT2D eigenvalue weighted by Gasteiger charge is -2.13. The Labute approximate surface area is 191 Å². The lowest BCUT2D eigenvalue weighted by Crippen LogP contribution is -2.30. The Morgan fingerprint density at radius 1 is 1.00 bits per heavy atom. The smallest absolute Gasteiger partial charge is 0.324 e. The Hall–Kier alpha value is -3.94. The molecule has 8 nitrogen and oxygen atoms in total. The van der Waals surface area contributed by atoms with E-state index in [1.54, 1.807) is 18.2 Å². The van der Waals surface area contributed by atoms with Crippen molar-refractivity contribution in [3.05, 3.63) is 77.1 Å². The number of rotatable bonds is 5. The number of imide groups is 1. The van der Waals surface area contributed by atoms with Gasteiger partial charge in [-0.1, -0.05) is 36.8 Å². The van der Waals surface area contributed by atoms with Gasteiger partial charge in [0.1, 0.15) is 0 Å². The highest BCUT2D eigenvalue weighted by Crippen LogP contribution is 2.27. The van der Waals surface area contributed by atoms with Crippen LogP contribution in [-0.4, -0.2) is 39.1 Å². The number of carbonyl (C=O) groups is 3. The van der Waals surface area contributed by atoms with Gasteiger partial charge >= 0.3 is 6.03 Å². The molecule has 2 N–H and O–H groups in total. The number of hydrogen-bond acceptors (Lipinski definition) is 4. The number of aromatic nitrogens is 2. The van der Waals surface area contributed by atoms with E-state index in [0.717, 1.165) is 54.6 Å². The van der Waals surface area contributed by atoms with E-state index < -0.39 is 6.03 Å². The first-order valence-electron chi connectivity index (χ1n) is 11.2. The van der Waals surface area contributed by atoms with Crippen molar-refractivity contribution in [3.8, 4) is 5.69 Å². The minimum atomic E-state index is -0.399. The average molecular weight is 444 g/mol. The number of amides is 4. The Balaban J connectivity index is 1.41. The first-order chi connectivity index (χ1) is 16.1. The molecule has 1 aromatic heterocycles. The molecular weight excluding hydrogens is 418 g/mol. The van der Waals surface area contributed by atoms with Gasteiger partial charge in [-0.3, -0.25) is 14.5 Å². The molecule has 2 aliphatic rings. The predicted octanol–water partition coefficient (Wildman–Crippen LogP) is 3.45. The minimum absolute atomic E-state index is 0.0183. The molecule has 168 valence electrons. The number of para-hydroxylation sites is 1. The molecule has 8 heteroatoms. The molecule has 0 saturated carbocycles. The van der Waals surface area contributed by atoms with Crippen molar-refractivity contribution in [2.24, 2.45) is 0 Å². The third-order valence-electron chi connectivity index (χ3n) is 6.11. The summed E-state index contributed by atoms with van der Waals surface area (Å²) < 4.78 is 1.91. The molecule has 1 aliphatic heterocycles. The summed E-state index contributed by atoms with van der Waals surface area (Å²) in [6, 6.07) is 16.7. The highest BCUT2D eigenvalue weighted by atomic mass is 16.2. The van der Waals surface area contributed by atoms with Crippen molar-refractivity contribution in [2.45, 2.75) is 38.6 Å². The molecule has 2 heterocycles. The monoisotopic (exact) mass is 443 g/mol. The normalized spacial score (nSPS) is 15.7. The van der Waals surface area contributed by atoms with Crippen molar-refractivity contribution in [1.29, 1.82) is 0 Å². The Morgan fingerprint density at radius 3 is 2.61 bits per heavy atom. The topological polar surface area (TPSA) is 96.3 Å². The molecule has 0 spiro atoms. The average Bonchev–Trinajstić information content (AvgIpc) is 3.23. The van der Waals surface area contributed by atoms with Gasteiger partial charge in [0.25, 0.3) is 5.91 Å². The minimum Gasteiger partial charge on any atom is -0.329 e. The first-order valence-corrected chi connectivity index (χ1v) is 11.2. The van der Waals surface area contributed by atoms with Gasteiger partial charge in [-0.25, -0.2) is 9.48 Å². The lowest BCUT2D eigenvalue weighted by atomic mass is 10.1.